The summed E-state index contributed by atoms with van der Waals surface area (Å²) in [6.07, 6.45) is 1.73. The summed E-state index contributed by atoms with van der Waals surface area (Å²) in [5.41, 5.74) is 3.15. The number of rotatable bonds is 5. The number of hydrogen-bond donors (Lipinski definition) is 2. The maximum absolute atomic E-state index is 11.5. The first-order valence-electron chi connectivity index (χ1n) is 5.32. The van der Waals surface area contributed by atoms with Crippen molar-refractivity contribution in [2.24, 2.45) is 0 Å². The monoisotopic (exact) mass is 218 g/mol. The fraction of sp³-hybridized carbons (Fsp3) is 0.308. The maximum atomic E-state index is 11.5. The Morgan fingerprint density at radius 3 is 2.81 bits per heavy atom. The van der Waals surface area contributed by atoms with Crippen LogP contribution in [0.2, 0.25) is 0 Å². The van der Waals surface area contributed by atoms with Crippen molar-refractivity contribution < 1.29 is 4.79 Å². The summed E-state index contributed by atoms with van der Waals surface area (Å²) in [7, 11) is 0. The number of aryl methyl sites for hydroxylation is 2. The van der Waals surface area contributed by atoms with Crippen molar-refractivity contribution in [1.82, 2.24) is 5.32 Å². The molecule has 86 valence electrons. The molecule has 0 radical (unpaired) electrons. The third kappa shape index (κ3) is 3.87. The minimum Gasteiger partial charge on any atom is -0.325 e. The van der Waals surface area contributed by atoms with Crippen LogP contribution in [0, 0.1) is 13.8 Å². The first-order valence-corrected chi connectivity index (χ1v) is 5.32. The number of amides is 1. The fourth-order valence-electron chi connectivity index (χ4n) is 1.44. The van der Waals surface area contributed by atoms with Crippen molar-refractivity contribution in [1.29, 1.82) is 0 Å². The normalized spacial score (nSPS) is 9.88. The smallest absolute Gasteiger partial charge is 0.238 e. The molecule has 16 heavy (non-hydrogen) atoms. The molecule has 0 unspecified atom stereocenters. The summed E-state index contributed by atoms with van der Waals surface area (Å²) in [6, 6.07) is 5.96. The van der Waals surface area contributed by atoms with Crippen molar-refractivity contribution in [2.45, 2.75) is 13.8 Å². The van der Waals surface area contributed by atoms with Crippen molar-refractivity contribution >= 4 is 11.6 Å². The molecule has 1 amide bonds. The van der Waals surface area contributed by atoms with E-state index in [1.165, 1.54) is 5.56 Å². The van der Waals surface area contributed by atoms with Crippen LogP contribution in [0.3, 0.4) is 0 Å². The maximum Gasteiger partial charge on any atom is 0.238 e. The van der Waals surface area contributed by atoms with E-state index in [1.54, 1.807) is 6.08 Å². The van der Waals surface area contributed by atoms with Gasteiger partial charge in [0.1, 0.15) is 0 Å². The first-order chi connectivity index (χ1) is 7.63. The third-order valence-corrected chi connectivity index (χ3v) is 2.23. The molecule has 0 aromatic heterocycles. The highest BCUT2D eigenvalue weighted by Gasteiger charge is 2.03. The number of nitrogens with one attached hydrogen (secondary N) is 2. The molecule has 3 nitrogen and oxygen atoms in total. The van der Waals surface area contributed by atoms with Gasteiger partial charge in [0.25, 0.3) is 0 Å². The molecule has 1 aromatic carbocycles. The standard InChI is InChI=1S/C13H18N2O/c1-4-7-14-9-13(16)15-12-6-5-10(2)8-11(12)3/h4-6,8,14H,1,7,9H2,2-3H3,(H,15,16). The zero-order chi connectivity index (χ0) is 12.0. The second-order valence-electron chi connectivity index (χ2n) is 3.79. The molecule has 1 rings (SSSR count). The Balaban J connectivity index is 2.52. The summed E-state index contributed by atoms with van der Waals surface area (Å²) in [6.45, 7) is 8.53. The van der Waals surface area contributed by atoms with E-state index < -0.39 is 0 Å². The van der Waals surface area contributed by atoms with Crippen LogP contribution in [0.4, 0.5) is 5.69 Å². The predicted octanol–water partition coefficient (Wildman–Crippen LogP) is 2.02. The van der Waals surface area contributed by atoms with Gasteiger partial charge in [-0.2, -0.15) is 0 Å². The predicted molar refractivity (Wildman–Crippen MR) is 67.6 cm³/mol. The number of hydrogen-bond acceptors (Lipinski definition) is 2. The van der Waals surface area contributed by atoms with E-state index in [2.05, 4.69) is 17.2 Å². The van der Waals surface area contributed by atoms with Crippen LogP contribution in [0.1, 0.15) is 11.1 Å². The SMILES string of the molecule is C=CCNCC(=O)Nc1ccc(C)cc1C. The number of anilines is 1. The Morgan fingerprint density at radius 1 is 1.44 bits per heavy atom. The van der Waals surface area contributed by atoms with Gasteiger partial charge in [-0.3, -0.25) is 4.79 Å². The van der Waals surface area contributed by atoms with Crippen LogP contribution < -0.4 is 10.6 Å². The largest absolute Gasteiger partial charge is 0.325 e. The summed E-state index contributed by atoms with van der Waals surface area (Å²) in [5.74, 6) is -0.0335. The van der Waals surface area contributed by atoms with Gasteiger partial charge in [-0.05, 0) is 25.5 Å². The molecule has 0 bridgehead atoms. The molecule has 0 fully saturated rings. The Labute approximate surface area is 96.6 Å². The second-order valence-corrected chi connectivity index (χ2v) is 3.79. The Bertz CT molecular complexity index is 386. The van der Waals surface area contributed by atoms with Gasteiger partial charge >= 0.3 is 0 Å². The number of carbonyl (C=O) groups is 1. The molecule has 0 atom stereocenters. The summed E-state index contributed by atoms with van der Waals surface area (Å²) in [5, 5.41) is 5.82. The van der Waals surface area contributed by atoms with Gasteiger partial charge in [0.05, 0.1) is 6.54 Å². The van der Waals surface area contributed by atoms with Crippen molar-refractivity contribution in [3.8, 4) is 0 Å². The Morgan fingerprint density at radius 2 is 2.19 bits per heavy atom. The zero-order valence-electron chi connectivity index (χ0n) is 9.84. The van der Waals surface area contributed by atoms with Crippen molar-refractivity contribution in [3.63, 3.8) is 0 Å². The molecule has 0 aliphatic rings. The van der Waals surface area contributed by atoms with Crippen LogP contribution in [0.15, 0.2) is 30.9 Å². The minimum absolute atomic E-state index is 0.0335. The van der Waals surface area contributed by atoms with Crippen molar-refractivity contribution in [3.05, 3.63) is 42.0 Å². The lowest BCUT2D eigenvalue weighted by molar-refractivity contribution is -0.115. The van der Waals surface area contributed by atoms with Gasteiger partial charge in [0.2, 0.25) is 5.91 Å². The van der Waals surface area contributed by atoms with Crippen LogP contribution >= 0.6 is 0 Å². The molecular formula is C13H18N2O. The Hall–Kier alpha value is -1.61. The molecule has 0 heterocycles. The highest BCUT2D eigenvalue weighted by molar-refractivity contribution is 5.92. The van der Waals surface area contributed by atoms with Gasteiger partial charge < -0.3 is 10.6 Å². The molecule has 0 spiro atoms. The van der Waals surface area contributed by atoms with Gasteiger partial charge in [-0.1, -0.05) is 23.8 Å². The highest BCUT2D eigenvalue weighted by atomic mass is 16.1. The van der Waals surface area contributed by atoms with Crippen LogP contribution in [-0.4, -0.2) is 19.0 Å². The van der Waals surface area contributed by atoms with Gasteiger partial charge in [0, 0.05) is 12.2 Å². The van der Waals surface area contributed by atoms with E-state index in [0.717, 1.165) is 11.3 Å². The number of carbonyl (C=O) groups excluding carboxylic acids is 1. The molecule has 3 heteroatoms. The zero-order valence-corrected chi connectivity index (χ0v) is 9.84. The first kappa shape index (κ1) is 12.5. The van der Waals surface area contributed by atoms with Gasteiger partial charge in [-0.15, -0.1) is 6.58 Å². The molecular weight excluding hydrogens is 200 g/mol. The van der Waals surface area contributed by atoms with E-state index in [4.69, 9.17) is 0 Å². The highest BCUT2D eigenvalue weighted by Crippen LogP contribution is 2.15. The van der Waals surface area contributed by atoms with E-state index in [9.17, 15) is 4.79 Å². The van der Waals surface area contributed by atoms with Crippen LogP contribution in [0.5, 0.6) is 0 Å². The average molecular weight is 218 g/mol. The fourth-order valence-corrected chi connectivity index (χ4v) is 1.44. The summed E-state index contributed by atoms with van der Waals surface area (Å²) >= 11 is 0. The van der Waals surface area contributed by atoms with Crippen LogP contribution in [-0.2, 0) is 4.79 Å². The molecule has 0 aliphatic carbocycles. The third-order valence-electron chi connectivity index (χ3n) is 2.23. The Kier molecular flexibility index (Phi) is 4.73. The average Bonchev–Trinajstić information content (AvgIpc) is 2.23. The van der Waals surface area contributed by atoms with E-state index in [1.807, 2.05) is 32.0 Å². The molecule has 2 N–H and O–H groups in total. The molecule has 0 aliphatic heterocycles. The number of benzene rings is 1. The molecule has 0 saturated carbocycles. The van der Waals surface area contributed by atoms with Crippen molar-refractivity contribution in [2.75, 3.05) is 18.4 Å². The van der Waals surface area contributed by atoms with Crippen LogP contribution in [0.25, 0.3) is 0 Å². The molecule has 0 saturated heterocycles. The van der Waals surface area contributed by atoms with Gasteiger partial charge in [0.15, 0.2) is 0 Å². The lowest BCUT2D eigenvalue weighted by Gasteiger charge is -2.09. The van der Waals surface area contributed by atoms with Gasteiger partial charge in [-0.25, -0.2) is 0 Å². The second kappa shape index (κ2) is 6.08. The summed E-state index contributed by atoms with van der Waals surface area (Å²) < 4.78 is 0. The summed E-state index contributed by atoms with van der Waals surface area (Å²) in [4.78, 5) is 11.5. The minimum atomic E-state index is -0.0335. The van der Waals surface area contributed by atoms with E-state index in [0.29, 0.717) is 13.1 Å². The van der Waals surface area contributed by atoms with E-state index >= 15 is 0 Å². The van der Waals surface area contributed by atoms with E-state index in [-0.39, 0.29) is 5.91 Å². The molecule has 1 aromatic rings. The topological polar surface area (TPSA) is 41.1 Å². The quantitative estimate of drug-likeness (QED) is 0.586. The lowest BCUT2D eigenvalue weighted by atomic mass is 10.1. The lowest BCUT2D eigenvalue weighted by Crippen LogP contribution is -2.28.